The smallest absolute Gasteiger partial charge is 0.317 e. The summed E-state index contributed by atoms with van der Waals surface area (Å²) >= 11 is 0. The fraction of sp³-hybridized carbons (Fsp3) is 0.833. The first-order valence-electron chi connectivity index (χ1n) is 6.92. The third-order valence-electron chi connectivity index (χ3n) is 3.48. The largest absolute Gasteiger partial charge is 0.481 e. The van der Waals surface area contributed by atoms with Gasteiger partial charge in [0.2, 0.25) is 10.0 Å². The maximum Gasteiger partial charge on any atom is 0.317 e. The lowest BCUT2D eigenvalue weighted by Crippen LogP contribution is -2.50. The molecule has 9 heteroatoms. The summed E-state index contributed by atoms with van der Waals surface area (Å²) in [6.45, 7) is 2.90. The van der Waals surface area contributed by atoms with Gasteiger partial charge in [0.25, 0.3) is 0 Å². The number of nitrogens with one attached hydrogen (secondary N) is 2. The number of sulfonamides is 1. The summed E-state index contributed by atoms with van der Waals surface area (Å²) in [6, 6.07) is -0.348. The van der Waals surface area contributed by atoms with Gasteiger partial charge in [-0.15, -0.1) is 0 Å². The number of carbonyl (C=O) groups excluding carboxylic acids is 1. The van der Waals surface area contributed by atoms with Crippen LogP contribution in [0.5, 0.6) is 0 Å². The molecule has 1 aliphatic rings. The Labute approximate surface area is 124 Å². The number of rotatable bonds is 6. The molecule has 2 unspecified atom stereocenters. The van der Waals surface area contributed by atoms with E-state index in [0.717, 1.165) is 6.26 Å². The van der Waals surface area contributed by atoms with E-state index >= 15 is 0 Å². The van der Waals surface area contributed by atoms with Gasteiger partial charge < -0.3 is 15.3 Å². The van der Waals surface area contributed by atoms with Crippen molar-refractivity contribution in [3.8, 4) is 0 Å². The molecular formula is C12H23N3O5S. The zero-order chi connectivity index (χ0) is 16.0. The van der Waals surface area contributed by atoms with Crippen LogP contribution >= 0.6 is 0 Å². The van der Waals surface area contributed by atoms with Crippen LogP contribution < -0.4 is 10.0 Å². The summed E-state index contributed by atoms with van der Waals surface area (Å²) in [5.41, 5.74) is 0. The van der Waals surface area contributed by atoms with Crippen molar-refractivity contribution in [1.82, 2.24) is 14.9 Å². The number of nitrogens with zero attached hydrogens (tertiary/aromatic N) is 1. The molecular weight excluding hydrogens is 298 g/mol. The summed E-state index contributed by atoms with van der Waals surface area (Å²) in [5.74, 6) is -1.20. The normalized spacial score (nSPS) is 22.9. The van der Waals surface area contributed by atoms with Crippen LogP contribution in [0.2, 0.25) is 0 Å². The summed E-state index contributed by atoms with van der Waals surface area (Å²) in [7, 11) is -3.20. The molecule has 3 N–H and O–H groups in total. The Morgan fingerprint density at radius 1 is 1.33 bits per heavy atom. The van der Waals surface area contributed by atoms with Crippen LogP contribution in [-0.2, 0) is 14.8 Å². The van der Waals surface area contributed by atoms with Crippen molar-refractivity contribution in [1.29, 1.82) is 0 Å². The molecule has 0 bridgehead atoms. The van der Waals surface area contributed by atoms with Gasteiger partial charge in [-0.05, 0) is 26.2 Å². The van der Waals surface area contributed by atoms with Crippen molar-refractivity contribution < 1.29 is 23.1 Å². The molecule has 1 saturated heterocycles. The minimum Gasteiger partial charge on any atom is -0.481 e. The first-order chi connectivity index (χ1) is 9.70. The van der Waals surface area contributed by atoms with Gasteiger partial charge in [-0.2, -0.15) is 0 Å². The van der Waals surface area contributed by atoms with Crippen molar-refractivity contribution in [2.45, 2.75) is 32.2 Å². The van der Waals surface area contributed by atoms with Crippen molar-refractivity contribution >= 4 is 22.0 Å². The van der Waals surface area contributed by atoms with Crippen LogP contribution in [0.3, 0.4) is 0 Å². The Hall–Kier alpha value is -1.35. The number of carboxylic acid groups (broad SMARTS) is 1. The molecule has 0 radical (unpaired) electrons. The molecule has 0 spiro atoms. The number of carbonyl (C=O) groups is 2. The average Bonchev–Trinajstić information content (AvgIpc) is 2.36. The summed E-state index contributed by atoms with van der Waals surface area (Å²) in [4.78, 5) is 24.5. The second kappa shape index (κ2) is 7.60. The number of carboxylic acids is 1. The SMILES string of the molecule is CC1CC(C(=O)O)CCN1C(=O)NCCCNS(C)(=O)=O. The van der Waals surface area contributed by atoms with Crippen molar-refractivity contribution in [3.63, 3.8) is 0 Å². The molecule has 122 valence electrons. The van der Waals surface area contributed by atoms with E-state index < -0.39 is 16.0 Å². The highest BCUT2D eigenvalue weighted by Gasteiger charge is 2.31. The van der Waals surface area contributed by atoms with E-state index in [4.69, 9.17) is 5.11 Å². The molecule has 1 fully saturated rings. The molecule has 0 saturated carbocycles. The van der Waals surface area contributed by atoms with Gasteiger partial charge in [-0.3, -0.25) is 4.79 Å². The lowest BCUT2D eigenvalue weighted by Gasteiger charge is -2.36. The Morgan fingerprint density at radius 3 is 2.52 bits per heavy atom. The molecule has 1 heterocycles. The number of aliphatic carboxylic acids is 1. The number of urea groups is 1. The molecule has 21 heavy (non-hydrogen) atoms. The molecule has 2 atom stereocenters. The number of likely N-dealkylation sites (tertiary alicyclic amines) is 1. The Bertz CT molecular complexity index is 479. The summed E-state index contributed by atoms with van der Waals surface area (Å²) in [6.07, 6.45) is 2.50. The number of piperidine rings is 1. The molecule has 0 aromatic rings. The first-order valence-corrected chi connectivity index (χ1v) is 8.81. The molecule has 2 amide bonds. The van der Waals surface area contributed by atoms with E-state index in [9.17, 15) is 18.0 Å². The van der Waals surface area contributed by atoms with E-state index in [2.05, 4.69) is 10.0 Å². The summed E-state index contributed by atoms with van der Waals surface area (Å²) < 4.78 is 24.0. The minimum atomic E-state index is -3.20. The minimum absolute atomic E-state index is 0.117. The third kappa shape index (κ3) is 6.30. The average molecular weight is 321 g/mol. The number of hydrogen-bond acceptors (Lipinski definition) is 4. The zero-order valence-corrected chi connectivity index (χ0v) is 13.1. The number of amides is 2. The fourth-order valence-corrected chi connectivity index (χ4v) is 2.86. The van der Waals surface area contributed by atoms with Gasteiger partial charge >= 0.3 is 12.0 Å². The van der Waals surface area contributed by atoms with E-state index in [0.29, 0.717) is 32.4 Å². The second-order valence-corrected chi connectivity index (χ2v) is 7.19. The quantitative estimate of drug-likeness (QED) is 0.587. The predicted molar refractivity (Wildman–Crippen MR) is 77.4 cm³/mol. The lowest BCUT2D eigenvalue weighted by atomic mass is 9.92. The third-order valence-corrected chi connectivity index (χ3v) is 4.21. The zero-order valence-electron chi connectivity index (χ0n) is 12.3. The molecule has 0 aromatic carbocycles. The van der Waals surface area contributed by atoms with Crippen molar-refractivity contribution in [2.75, 3.05) is 25.9 Å². The highest BCUT2D eigenvalue weighted by atomic mass is 32.2. The maximum atomic E-state index is 12.0. The lowest BCUT2D eigenvalue weighted by molar-refractivity contribution is -0.143. The van der Waals surface area contributed by atoms with E-state index in [1.54, 1.807) is 4.90 Å². The van der Waals surface area contributed by atoms with Crippen LogP contribution in [0.15, 0.2) is 0 Å². The van der Waals surface area contributed by atoms with Gasteiger partial charge in [0.1, 0.15) is 0 Å². The van der Waals surface area contributed by atoms with Crippen LogP contribution in [0.4, 0.5) is 4.79 Å². The monoisotopic (exact) mass is 321 g/mol. The molecule has 8 nitrogen and oxygen atoms in total. The van der Waals surface area contributed by atoms with Gasteiger partial charge in [-0.25, -0.2) is 17.9 Å². The second-order valence-electron chi connectivity index (χ2n) is 5.35. The van der Waals surface area contributed by atoms with Crippen molar-refractivity contribution in [3.05, 3.63) is 0 Å². The van der Waals surface area contributed by atoms with Gasteiger partial charge in [0.05, 0.1) is 12.2 Å². The van der Waals surface area contributed by atoms with E-state index in [1.807, 2.05) is 6.92 Å². The van der Waals surface area contributed by atoms with Crippen LogP contribution in [0, 0.1) is 5.92 Å². The Balaban J connectivity index is 2.28. The Morgan fingerprint density at radius 2 is 2.00 bits per heavy atom. The number of hydrogen-bond donors (Lipinski definition) is 3. The first kappa shape index (κ1) is 17.7. The maximum absolute atomic E-state index is 12.0. The van der Waals surface area contributed by atoms with Crippen molar-refractivity contribution in [2.24, 2.45) is 5.92 Å². The van der Waals surface area contributed by atoms with Gasteiger partial charge in [0, 0.05) is 25.7 Å². The standard InChI is InChI=1S/C12H23N3O5S/c1-9-8-10(11(16)17)4-7-15(9)12(18)13-5-3-6-14-21(2,19)20/h9-10,14H,3-8H2,1-2H3,(H,13,18)(H,16,17). The Kier molecular flexibility index (Phi) is 6.41. The summed E-state index contributed by atoms with van der Waals surface area (Å²) in [5, 5.41) is 11.7. The van der Waals surface area contributed by atoms with Crippen LogP contribution in [0.1, 0.15) is 26.2 Å². The molecule has 0 aliphatic carbocycles. The predicted octanol–water partition coefficient (Wildman–Crippen LogP) is -0.180. The highest BCUT2D eigenvalue weighted by molar-refractivity contribution is 7.88. The van der Waals surface area contributed by atoms with Gasteiger partial charge in [0.15, 0.2) is 0 Å². The van der Waals surface area contributed by atoms with Crippen LogP contribution in [0.25, 0.3) is 0 Å². The molecule has 1 rings (SSSR count). The molecule has 0 aromatic heterocycles. The van der Waals surface area contributed by atoms with E-state index in [-0.39, 0.29) is 24.5 Å². The molecule has 1 aliphatic heterocycles. The fourth-order valence-electron chi connectivity index (χ4n) is 2.34. The highest BCUT2D eigenvalue weighted by Crippen LogP contribution is 2.22. The topological polar surface area (TPSA) is 116 Å². The van der Waals surface area contributed by atoms with Gasteiger partial charge in [-0.1, -0.05) is 0 Å². The van der Waals surface area contributed by atoms with E-state index in [1.165, 1.54) is 0 Å². The van der Waals surface area contributed by atoms with Crippen LogP contribution in [-0.4, -0.2) is 62.4 Å².